The van der Waals surface area contributed by atoms with Crippen molar-refractivity contribution < 1.29 is 0 Å². The summed E-state index contributed by atoms with van der Waals surface area (Å²) in [5, 5.41) is 3.51. The van der Waals surface area contributed by atoms with Crippen molar-refractivity contribution in [1.82, 2.24) is 10.2 Å². The Kier molecular flexibility index (Phi) is 7.87. The van der Waals surface area contributed by atoms with Gasteiger partial charge in [-0.05, 0) is 71.1 Å². The maximum atomic E-state index is 3.51. The minimum Gasteiger partial charge on any atom is -0.317 e. The Morgan fingerprint density at radius 3 is 2.71 bits per heavy atom. The van der Waals surface area contributed by atoms with Gasteiger partial charge < -0.3 is 10.2 Å². The van der Waals surface area contributed by atoms with Crippen LogP contribution in [0.2, 0.25) is 0 Å². The van der Waals surface area contributed by atoms with Gasteiger partial charge in [-0.3, -0.25) is 0 Å². The molecule has 2 unspecified atom stereocenters. The second kappa shape index (κ2) is 8.93. The smallest absolute Gasteiger partial charge is 0.00790 e. The van der Waals surface area contributed by atoms with Gasteiger partial charge in [0.25, 0.3) is 0 Å². The van der Waals surface area contributed by atoms with Crippen LogP contribution in [0, 0.1) is 5.92 Å². The van der Waals surface area contributed by atoms with E-state index in [4.69, 9.17) is 0 Å². The molecule has 1 heterocycles. The number of likely N-dealkylation sites (tertiary alicyclic amines) is 1. The van der Waals surface area contributed by atoms with Crippen molar-refractivity contribution in [3.05, 3.63) is 0 Å². The number of hydrogen-bond acceptors (Lipinski definition) is 2. The highest BCUT2D eigenvalue weighted by Crippen LogP contribution is 2.21. The number of rotatable bonds is 7. The van der Waals surface area contributed by atoms with Gasteiger partial charge >= 0.3 is 0 Å². The fraction of sp³-hybridized carbons (Fsp3) is 1.00. The third-order valence-electron chi connectivity index (χ3n) is 4.25. The first-order chi connectivity index (χ1) is 8.27. The Labute approximate surface area is 108 Å². The second-order valence-corrected chi connectivity index (χ2v) is 5.63. The summed E-state index contributed by atoms with van der Waals surface area (Å²) in [6.45, 7) is 12.0. The molecule has 1 saturated heterocycles. The summed E-state index contributed by atoms with van der Waals surface area (Å²) in [6.07, 6.45) is 8.20. The summed E-state index contributed by atoms with van der Waals surface area (Å²) < 4.78 is 0. The third-order valence-corrected chi connectivity index (χ3v) is 4.25. The molecule has 0 saturated carbocycles. The molecule has 1 aliphatic heterocycles. The molecule has 0 spiro atoms. The van der Waals surface area contributed by atoms with Crippen LogP contribution in [0.3, 0.4) is 0 Å². The highest BCUT2D eigenvalue weighted by Gasteiger charge is 2.19. The van der Waals surface area contributed by atoms with E-state index in [1.165, 1.54) is 64.7 Å². The second-order valence-electron chi connectivity index (χ2n) is 5.63. The van der Waals surface area contributed by atoms with Gasteiger partial charge in [-0.15, -0.1) is 0 Å². The minimum absolute atomic E-state index is 0.759. The van der Waals surface area contributed by atoms with Gasteiger partial charge in [0.2, 0.25) is 0 Å². The normalized spacial score (nSPS) is 24.5. The third kappa shape index (κ3) is 5.87. The molecule has 0 bridgehead atoms. The molecule has 1 rings (SSSR count). The first-order valence-corrected chi connectivity index (χ1v) is 7.72. The zero-order valence-electron chi connectivity index (χ0n) is 12.2. The maximum Gasteiger partial charge on any atom is 0.00790 e. The molecule has 0 aromatic rings. The van der Waals surface area contributed by atoms with Crippen LogP contribution in [-0.4, -0.2) is 37.1 Å². The van der Waals surface area contributed by atoms with Gasteiger partial charge in [-0.2, -0.15) is 0 Å². The molecule has 2 nitrogen and oxygen atoms in total. The first-order valence-electron chi connectivity index (χ1n) is 7.72. The van der Waals surface area contributed by atoms with E-state index >= 15 is 0 Å². The van der Waals surface area contributed by atoms with Crippen molar-refractivity contribution in [2.75, 3.05) is 26.2 Å². The van der Waals surface area contributed by atoms with Gasteiger partial charge in [-0.25, -0.2) is 0 Å². The van der Waals surface area contributed by atoms with Crippen LogP contribution in [0.1, 0.15) is 59.3 Å². The first kappa shape index (κ1) is 15.0. The molecule has 2 heteroatoms. The van der Waals surface area contributed by atoms with Crippen molar-refractivity contribution in [1.29, 1.82) is 0 Å². The number of nitrogens with zero attached hydrogens (tertiary/aromatic N) is 1. The van der Waals surface area contributed by atoms with Crippen LogP contribution in [0.15, 0.2) is 0 Å². The molecule has 0 amide bonds. The Morgan fingerprint density at radius 1 is 1.18 bits per heavy atom. The lowest BCUT2D eigenvalue weighted by molar-refractivity contribution is 0.203. The van der Waals surface area contributed by atoms with Crippen LogP contribution in [0.4, 0.5) is 0 Å². The Bertz CT molecular complexity index is 182. The van der Waals surface area contributed by atoms with Gasteiger partial charge in [-0.1, -0.05) is 20.3 Å². The molecule has 102 valence electrons. The summed E-state index contributed by atoms with van der Waals surface area (Å²) in [5.41, 5.74) is 0. The van der Waals surface area contributed by atoms with Crippen LogP contribution >= 0.6 is 0 Å². The Hall–Kier alpha value is -0.0800. The van der Waals surface area contributed by atoms with Crippen molar-refractivity contribution in [2.24, 2.45) is 5.92 Å². The summed E-state index contributed by atoms with van der Waals surface area (Å²) >= 11 is 0. The Morgan fingerprint density at radius 2 is 2.00 bits per heavy atom. The van der Waals surface area contributed by atoms with E-state index < -0.39 is 0 Å². The highest BCUT2D eigenvalue weighted by atomic mass is 15.1. The van der Waals surface area contributed by atoms with Crippen LogP contribution in [-0.2, 0) is 0 Å². The van der Waals surface area contributed by atoms with E-state index in [9.17, 15) is 0 Å². The van der Waals surface area contributed by atoms with E-state index in [0.29, 0.717) is 0 Å². The summed E-state index contributed by atoms with van der Waals surface area (Å²) in [6, 6.07) is 0.759. The topological polar surface area (TPSA) is 15.3 Å². The fourth-order valence-corrected chi connectivity index (χ4v) is 2.83. The zero-order chi connectivity index (χ0) is 12.5. The van der Waals surface area contributed by atoms with E-state index in [0.717, 1.165) is 12.0 Å². The number of nitrogens with one attached hydrogen (secondary N) is 1. The lowest BCUT2D eigenvalue weighted by Gasteiger charge is -2.27. The van der Waals surface area contributed by atoms with E-state index in [2.05, 4.69) is 31.0 Å². The monoisotopic (exact) mass is 240 g/mol. The van der Waals surface area contributed by atoms with Crippen LogP contribution in [0.25, 0.3) is 0 Å². The molecule has 0 aromatic heterocycles. The van der Waals surface area contributed by atoms with Crippen molar-refractivity contribution in [2.45, 2.75) is 65.3 Å². The summed E-state index contributed by atoms with van der Waals surface area (Å²) in [7, 11) is 0. The van der Waals surface area contributed by atoms with Gasteiger partial charge in [0.15, 0.2) is 0 Å². The van der Waals surface area contributed by atoms with E-state index in [1.807, 2.05) is 0 Å². The quantitative estimate of drug-likeness (QED) is 0.687. The van der Waals surface area contributed by atoms with E-state index in [1.54, 1.807) is 0 Å². The van der Waals surface area contributed by atoms with E-state index in [-0.39, 0.29) is 0 Å². The van der Waals surface area contributed by atoms with Gasteiger partial charge in [0, 0.05) is 6.04 Å². The molecular formula is C15H32N2. The zero-order valence-corrected chi connectivity index (χ0v) is 12.2. The lowest BCUT2D eigenvalue weighted by atomic mass is 9.98. The molecule has 1 aliphatic rings. The molecule has 1 fully saturated rings. The largest absolute Gasteiger partial charge is 0.317 e. The fourth-order valence-electron chi connectivity index (χ4n) is 2.83. The predicted octanol–water partition coefficient (Wildman–Crippen LogP) is 3.28. The average molecular weight is 240 g/mol. The SMILES string of the molecule is CCCNCCC(C)N1CCCC(CC)CC1. The molecular weight excluding hydrogens is 208 g/mol. The van der Waals surface area contributed by atoms with Crippen LogP contribution in [0.5, 0.6) is 0 Å². The maximum absolute atomic E-state index is 3.51. The highest BCUT2D eigenvalue weighted by molar-refractivity contribution is 4.74. The van der Waals surface area contributed by atoms with Crippen LogP contribution < -0.4 is 5.32 Å². The molecule has 1 N–H and O–H groups in total. The molecule has 2 atom stereocenters. The van der Waals surface area contributed by atoms with Crippen molar-refractivity contribution in [3.8, 4) is 0 Å². The average Bonchev–Trinajstić information content (AvgIpc) is 2.59. The number of hydrogen-bond donors (Lipinski definition) is 1. The molecule has 0 radical (unpaired) electrons. The van der Waals surface area contributed by atoms with Gasteiger partial charge in [0.1, 0.15) is 0 Å². The van der Waals surface area contributed by atoms with Crippen molar-refractivity contribution in [3.63, 3.8) is 0 Å². The summed E-state index contributed by atoms with van der Waals surface area (Å²) in [5.74, 6) is 0.991. The molecule has 0 aliphatic carbocycles. The summed E-state index contributed by atoms with van der Waals surface area (Å²) in [4.78, 5) is 2.71. The lowest BCUT2D eigenvalue weighted by Crippen LogP contribution is -2.36. The predicted molar refractivity (Wildman–Crippen MR) is 76.4 cm³/mol. The standard InChI is InChI=1S/C15H32N2/c1-4-10-16-11-8-14(3)17-12-6-7-15(5-2)9-13-17/h14-16H,4-13H2,1-3H3. The Balaban J connectivity index is 2.19. The van der Waals surface area contributed by atoms with Gasteiger partial charge in [0.05, 0.1) is 0 Å². The van der Waals surface area contributed by atoms with Crippen molar-refractivity contribution >= 4 is 0 Å². The minimum atomic E-state index is 0.759. The molecule has 17 heavy (non-hydrogen) atoms. The molecule has 0 aromatic carbocycles.